The van der Waals surface area contributed by atoms with Crippen LogP contribution in [-0.2, 0) is 6.67 Å². The Morgan fingerprint density at radius 2 is 1.92 bits per heavy atom. The van der Waals surface area contributed by atoms with Crippen molar-refractivity contribution in [3.63, 3.8) is 0 Å². The third-order valence-electron chi connectivity index (χ3n) is 3.87. The summed E-state index contributed by atoms with van der Waals surface area (Å²) < 4.78 is 8.77. The Hall–Kier alpha value is -2.80. The Balaban J connectivity index is 1.66. The van der Waals surface area contributed by atoms with E-state index < -0.39 is 0 Å². The van der Waals surface area contributed by atoms with Gasteiger partial charge in [0.2, 0.25) is 0 Å². The number of rotatable bonds is 6. The molecule has 0 fully saturated rings. The minimum absolute atomic E-state index is 0.278. The van der Waals surface area contributed by atoms with E-state index in [9.17, 15) is 4.79 Å². The Bertz CT molecular complexity index is 914. The monoisotopic (exact) mass is 373 g/mol. The van der Waals surface area contributed by atoms with Gasteiger partial charge < -0.3 is 10.1 Å². The molecule has 0 spiro atoms. The molecule has 0 saturated carbocycles. The number of benzene rings is 1. The number of carbonyl (C=O) groups is 1. The molecule has 2 aromatic heterocycles. The van der Waals surface area contributed by atoms with Crippen molar-refractivity contribution >= 4 is 23.2 Å². The number of anilines is 1. The molecular weight excluding hydrogens is 354 g/mol. The Morgan fingerprint density at radius 3 is 2.54 bits per heavy atom. The van der Waals surface area contributed by atoms with Crippen molar-refractivity contribution in [1.29, 1.82) is 0 Å². The third kappa shape index (κ3) is 3.88. The van der Waals surface area contributed by atoms with Gasteiger partial charge in [-0.15, -0.1) is 0 Å². The van der Waals surface area contributed by atoms with Gasteiger partial charge in [-0.25, -0.2) is 4.68 Å². The summed E-state index contributed by atoms with van der Waals surface area (Å²) in [6.07, 6.45) is 1.73. The highest BCUT2D eigenvalue weighted by molar-refractivity contribution is 6.31. The number of amides is 1. The van der Waals surface area contributed by atoms with E-state index in [0.29, 0.717) is 29.7 Å². The van der Waals surface area contributed by atoms with Crippen molar-refractivity contribution < 1.29 is 9.53 Å². The van der Waals surface area contributed by atoms with Crippen LogP contribution in [0.4, 0.5) is 5.69 Å². The second-order valence-corrected chi connectivity index (χ2v) is 6.16. The fourth-order valence-corrected chi connectivity index (χ4v) is 2.64. The molecule has 0 unspecified atom stereocenters. The van der Waals surface area contributed by atoms with E-state index in [1.165, 1.54) is 0 Å². The van der Waals surface area contributed by atoms with Gasteiger partial charge in [0.05, 0.1) is 23.0 Å². The Labute approximate surface area is 156 Å². The lowest BCUT2D eigenvalue weighted by Crippen LogP contribution is -2.15. The topological polar surface area (TPSA) is 74.0 Å². The molecule has 0 saturated heterocycles. The first-order chi connectivity index (χ1) is 12.5. The molecular formula is C18H20ClN5O2. The molecule has 3 aromatic rings. The van der Waals surface area contributed by atoms with Crippen LogP contribution in [0.3, 0.4) is 0 Å². The largest absolute Gasteiger partial charge is 0.494 e. The standard InChI is InChI=1S/C18H20ClN5O2/c1-4-26-15-7-5-14(6-8-15)20-18(25)16-9-10-23(22-16)11-24-13(3)17(19)12(2)21-24/h5-10H,4,11H2,1-3H3,(H,20,25). The smallest absolute Gasteiger partial charge is 0.276 e. The molecule has 0 radical (unpaired) electrons. The molecule has 0 atom stereocenters. The van der Waals surface area contributed by atoms with E-state index in [0.717, 1.165) is 17.1 Å². The molecule has 0 aliphatic heterocycles. The van der Waals surface area contributed by atoms with E-state index >= 15 is 0 Å². The summed E-state index contributed by atoms with van der Waals surface area (Å²) in [5.41, 5.74) is 2.63. The van der Waals surface area contributed by atoms with Crippen LogP contribution in [0.25, 0.3) is 0 Å². The molecule has 1 N–H and O–H groups in total. The number of carbonyl (C=O) groups excluding carboxylic acids is 1. The maximum absolute atomic E-state index is 12.4. The molecule has 2 heterocycles. The zero-order chi connectivity index (χ0) is 18.7. The normalized spacial score (nSPS) is 10.8. The lowest BCUT2D eigenvalue weighted by molar-refractivity contribution is 0.102. The molecule has 1 amide bonds. The maximum Gasteiger partial charge on any atom is 0.276 e. The molecule has 26 heavy (non-hydrogen) atoms. The number of hydrogen-bond acceptors (Lipinski definition) is 4. The number of aryl methyl sites for hydroxylation is 1. The highest BCUT2D eigenvalue weighted by Crippen LogP contribution is 2.19. The van der Waals surface area contributed by atoms with Crippen LogP contribution in [0.2, 0.25) is 5.02 Å². The van der Waals surface area contributed by atoms with Gasteiger partial charge in [-0.3, -0.25) is 9.48 Å². The molecule has 7 nitrogen and oxygen atoms in total. The van der Waals surface area contributed by atoms with Gasteiger partial charge in [-0.2, -0.15) is 10.2 Å². The molecule has 0 bridgehead atoms. The maximum atomic E-state index is 12.4. The number of ether oxygens (including phenoxy) is 1. The van der Waals surface area contributed by atoms with Gasteiger partial charge in [0.25, 0.3) is 5.91 Å². The van der Waals surface area contributed by atoms with Crippen LogP contribution < -0.4 is 10.1 Å². The average Bonchev–Trinajstić information content (AvgIpc) is 3.18. The second kappa shape index (κ2) is 7.61. The first kappa shape index (κ1) is 18.0. The van der Waals surface area contributed by atoms with Gasteiger partial charge in [0.15, 0.2) is 5.69 Å². The lowest BCUT2D eigenvalue weighted by Gasteiger charge is -2.06. The summed E-state index contributed by atoms with van der Waals surface area (Å²) in [6, 6.07) is 8.86. The minimum Gasteiger partial charge on any atom is -0.494 e. The fraction of sp³-hybridized carbons (Fsp3) is 0.278. The van der Waals surface area contributed by atoms with Gasteiger partial charge in [0.1, 0.15) is 12.4 Å². The predicted octanol–water partition coefficient (Wildman–Crippen LogP) is 3.51. The first-order valence-electron chi connectivity index (χ1n) is 8.25. The summed E-state index contributed by atoms with van der Waals surface area (Å²) in [5, 5.41) is 12.1. The number of aromatic nitrogens is 4. The van der Waals surface area contributed by atoms with E-state index in [4.69, 9.17) is 16.3 Å². The lowest BCUT2D eigenvalue weighted by atomic mass is 10.3. The van der Waals surface area contributed by atoms with E-state index in [1.807, 2.05) is 32.9 Å². The zero-order valence-corrected chi connectivity index (χ0v) is 15.6. The highest BCUT2D eigenvalue weighted by Gasteiger charge is 2.13. The minimum atomic E-state index is -0.278. The van der Waals surface area contributed by atoms with Crippen molar-refractivity contribution in [3.8, 4) is 5.75 Å². The summed E-state index contributed by atoms with van der Waals surface area (Å²) in [7, 11) is 0. The van der Waals surface area contributed by atoms with Gasteiger partial charge in [-0.1, -0.05) is 11.6 Å². The van der Waals surface area contributed by atoms with Crippen LogP contribution >= 0.6 is 11.6 Å². The van der Waals surface area contributed by atoms with Crippen molar-refractivity contribution in [2.24, 2.45) is 0 Å². The fourth-order valence-electron chi connectivity index (χ4n) is 2.51. The number of halogens is 1. The molecule has 1 aromatic carbocycles. The van der Waals surface area contributed by atoms with E-state index in [-0.39, 0.29) is 5.91 Å². The molecule has 8 heteroatoms. The molecule has 0 aliphatic carbocycles. The van der Waals surface area contributed by atoms with Gasteiger partial charge in [-0.05, 0) is 51.1 Å². The first-order valence-corrected chi connectivity index (χ1v) is 8.63. The Morgan fingerprint density at radius 1 is 1.19 bits per heavy atom. The van der Waals surface area contributed by atoms with Crippen LogP contribution in [-0.4, -0.2) is 32.1 Å². The van der Waals surface area contributed by atoms with Crippen LogP contribution in [0.5, 0.6) is 5.75 Å². The highest BCUT2D eigenvalue weighted by atomic mass is 35.5. The van der Waals surface area contributed by atoms with E-state index in [2.05, 4.69) is 15.5 Å². The van der Waals surface area contributed by atoms with Crippen LogP contribution in [0.1, 0.15) is 28.8 Å². The zero-order valence-electron chi connectivity index (χ0n) is 14.9. The quantitative estimate of drug-likeness (QED) is 0.717. The van der Waals surface area contributed by atoms with E-state index in [1.54, 1.807) is 33.8 Å². The van der Waals surface area contributed by atoms with Gasteiger partial charge in [0, 0.05) is 11.9 Å². The predicted molar refractivity (Wildman–Crippen MR) is 99.9 cm³/mol. The molecule has 0 aliphatic rings. The Kier molecular flexibility index (Phi) is 5.27. The summed E-state index contributed by atoms with van der Waals surface area (Å²) >= 11 is 6.16. The summed E-state index contributed by atoms with van der Waals surface area (Å²) in [6.45, 7) is 6.65. The SMILES string of the molecule is CCOc1ccc(NC(=O)c2ccn(Cn3nc(C)c(Cl)c3C)n2)cc1. The van der Waals surface area contributed by atoms with Crippen molar-refractivity contribution in [3.05, 3.63) is 58.6 Å². The van der Waals surface area contributed by atoms with Crippen LogP contribution in [0, 0.1) is 13.8 Å². The van der Waals surface area contributed by atoms with Crippen molar-refractivity contribution in [2.45, 2.75) is 27.4 Å². The van der Waals surface area contributed by atoms with Crippen molar-refractivity contribution in [1.82, 2.24) is 19.6 Å². The summed E-state index contributed by atoms with van der Waals surface area (Å²) in [5.74, 6) is 0.484. The summed E-state index contributed by atoms with van der Waals surface area (Å²) in [4.78, 5) is 12.4. The second-order valence-electron chi connectivity index (χ2n) is 5.78. The van der Waals surface area contributed by atoms with Gasteiger partial charge >= 0.3 is 0 Å². The van der Waals surface area contributed by atoms with Crippen molar-refractivity contribution in [2.75, 3.05) is 11.9 Å². The number of hydrogen-bond donors (Lipinski definition) is 1. The number of nitrogens with zero attached hydrogens (tertiary/aromatic N) is 4. The average molecular weight is 374 g/mol. The number of nitrogens with one attached hydrogen (secondary N) is 1. The van der Waals surface area contributed by atoms with Crippen LogP contribution in [0.15, 0.2) is 36.5 Å². The third-order valence-corrected chi connectivity index (χ3v) is 4.42. The molecule has 136 valence electrons. The molecule has 3 rings (SSSR count).